The number of benzene rings is 2. The number of imide groups is 2. The van der Waals surface area contributed by atoms with Crippen LogP contribution in [0.5, 0.6) is 0 Å². The zero-order valence-electron chi connectivity index (χ0n) is 19.0. The fourth-order valence-electron chi connectivity index (χ4n) is 4.64. The van der Waals surface area contributed by atoms with E-state index in [1.54, 1.807) is 24.3 Å². The molecule has 1 saturated heterocycles. The summed E-state index contributed by atoms with van der Waals surface area (Å²) in [6.45, 7) is 1.17. The first-order chi connectivity index (χ1) is 17.0. The van der Waals surface area contributed by atoms with Gasteiger partial charge < -0.3 is 9.47 Å². The normalized spacial score (nSPS) is 18.9. The van der Waals surface area contributed by atoms with E-state index in [2.05, 4.69) is 0 Å². The molecule has 2 aromatic rings. The molecule has 0 radical (unpaired) electrons. The summed E-state index contributed by atoms with van der Waals surface area (Å²) in [5.74, 6) is -2.04. The van der Waals surface area contributed by atoms with Crippen molar-refractivity contribution in [3.8, 4) is 0 Å². The maximum Gasteiger partial charge on any atom is 0.338 e. The minimum absolute atomic E-state index is 0.0944. The van der Waals surface area contributed by atoms with Crippen molar-refractivity contribution in [1.82, 2.24) is 9.80 Å². The lowest BCUT2D eigenvalue weighted by atomic mass is 10.1. The van der Waals surface area contributed by atoms with Crippen LogP contribution in [-0.2, 0) is 9.47 Å². The SMILES string of the molecule is O=C(OCCCCN1C(=O)c2ccccc2C1=O)c1ccc2c(c1)C(=O)N(CC1CCCO1)C2=O. The lowest BCUT2D eigenvalue weighted by Gasteiger charge is -2.17. The van der Waals surface area contributed by atoms with Crippen molar-refractivity contribution >= 4 is 29.6 Å². The van der Waals surface area contributed by atoms with Gasteiger partial charge in [-0.1, -0.05) is 12.1 Å². The third-order valence-corrected chi connectivity index (χ3v) is 6.50. The number of unbranched alkanes of at least 4 members (excludes halogenated alkanes) is 1. The number of hydrogen-bond acceptors (Lipinski definition) is 7. The Bertz CT molecular complexity index is 1200. The van der Waals surface area contributed by atoms with E-state index >= 15 is 0 Å². The van der Waals surface area contributed by atoms with Crippen molar-refractivity contribution in [1.29, 1.82) is 0 Å². The zero-order valence-corrected chi connectivity index (χ0v) is 19.0. The van der Waals surface area contributed by atoms with Crippen molar-refractivity contribution < 1.29 is 33.4 Å². The molecule has 9 nitrogen and oxygen atoms in total. The lowest BCUT2D eigenvalue weighted by molar-refractivity contribution is 0.0474. The summed E-state index contributed by atoms with van der Waals surface area (Å²) in [5, 5.41) is 0. The molecule has 0 aromatic heterocycles. The molecule has 5 rings (SSSR count). The van der Waals surface area contributed by atoms with Crippen molar-refractivity contribution in [2.75, 3.05) is 26.3 Å². The monoisotopic (exact) mass is 476 g/mol. The van der Waals surface area contributed by atoms with Gasteiger partial charge in [-0.15, -0.1) is 0 Å². The smallest absolute Gasteiger partial charge is 0.338 e. The van der Waals surface area contributed by atoms with Gasteiger partial charge >= 0.3 is 5.97 Å². The van der Waals surface area contributed by atoms with Crippen LogP contribution in [0.15, 0.2) is 42.5 Å². The molecular weight excluding hydrogens is 452 g/mol. The fraction of sp³-hybridized carbons (Fsp3) is 0.346. The maximum atomic E-state index is 12.8. The van der Waals surface area contributed by atoms with Gasteiger partial charge in [0.15, 0.2) is 0 Å². The molecule has 4 amide bonds. The molecule has 0 spiro atoms. The molecule has 0 saturated carbocycles. The second-order valence-electron chi connectivity index (χ2n) is 8.77. The van der Waals surface area contributed by atoms with Crippen LogP contribution in [-0.4, -0.2) is 71.8 Å². The first kappa shape index (κ1) is 22.9. The average molecular weight is 476 g/mol. The van der Waals surface area contributed by atoms with Gasteiger partial charge in [0, 0.05) is 13.2 Å². The molecule has 0 aliphatic carbocycles. The Morgan fingerprint density at radius 1 is 0.857 bits per heavy atom. The van der Waals surface area contributed by atoms with Crippen LogP contribution in [0.1, 0.15) is 77.5 Å². The fourth-order valence-corrected chi connectivity index (χ4v) is 4.64. The molecule has 2 aromatic carbocycles. The number of hydrogen-bond donors (Lipinski definition) is 0. The molecule has 3 aliphatic rings. The Kier molecular flexibility index (Phi) is 6.17. The molecule has 180 valence electrons. The van der Waals surface area contributed by atoms with Gasteiger partial charge in [-0.2, -0.15) is 0 Å². The van der Waals surface area contributed by atoms with Gasteiger partial charge in [0.1, 0.15) is 0 Å². The van der Waals surface area contributed by atoms with Crippen molar-refractivity contribution in [3.63, 3.8) is 0 Å². The molecule has 9 heteroatoms. The average Bonchev–Trinajstić information content (AvgIpc) is 3.54. The number of rotatable bonds is 8. The predicted molar refractivity (Wildman–Crippen MR) is 122 cm³/mol. The second kappa shape index (κ2) is 9.42. The van der Waals surface area contributed by atoms with Gasteiger partial charge in [0.25, 0.3) is 23.6 Å². The number of esters is 1. The zero-order chi connectivity index (χ0) is 24.5. The molecule has 1 unspecified atom stereocenters. The molecule has 0 N–H and O–H groups in total. The van der Waals surface area contributed by atoms with E-state index in [0.717, 1.165) is 12.8 Å². The van der Waals surface area contributed by atoms with Crippen molar-refractivity contribution in [3.05, 3.63) is 70.3 Å². The quantitative estimate of drug-likeness (QED) is 0.327. The molecular formula is C26H24N2O7. The summed E-state index contributed by atoms with van der Waals surface area (Å²) in [6.07, 6.45) is 2.49. The summed E-state index contributed by atoms with van der Waals surface area (Å²) >= 11 is 0. The number of fused-ring (bicyclic) bond motifs is 2. The van der Waals surface area contributed by atoms with E-state index in [9.17, 15) is 24.0 Å². The van der Waals surface area contributed by atoms with Gasteiger partial charge in [-0.25, -0.2) is 4.79 Å². The molecule has 35 heavy (non-hydrogen) atoms. The van der Waals surface area contributed by atoms with Gasteiger partial charge in [-0.05, 0) is 56.0 Å². The van der Waals surface area contributed by atoms with E-state index in [-0.39, 0.29) is 60.2 Å². The number of amides is 4. The maximum absolute atomic E-state index is 12.8. The highest BCUT2D eigenvalue weighted by Gasteiger charge is 2.38. The molecule has 3 heterocycles. The summed E-state index contributed by atoms with van der Waals surface area (Å²) < 4.78 is 10.8. The Hall–Kier alpha value is -3.85. The van der Waals surface area contributed by atoms with Crippen LogP contribution in [0.3, 0.4) is 0 Å². The number of carbonyl (C=O) groups is 5. The van der Waals surface area contributed by atoms with Gasteiger partial charge in [-0.3, -0.25) is 29.0 Å². The highest BCUT2D eigenvalue weighted by molar-refractivity contribution is 6.22. The van der Waals surface area contributed by atoms with Gasteiger partial charge in [0.2, 0.25) is 0 Å². The Balaban J connectivity index is 1.12. The highest BCUT2D eigenvalue weighted by Crippen LogP contribution is 2.26. The van der Waals surface area contributed by atoms with Crippen LogP contribution in [0.4, 0.5) is 0 Å². The highest BCUT2D eigenvalue weighted by atomic mass is 16.5. The molecule has 0 bridgehead atoms. The van der Waals surface area contributed by atoms with Gasteiger partial charge in [0.05, 0.1) is 47.1 Å². The van der Waals surface area contributed by atoms with E-state index in [0.29, 0.717) is 30.6 Å². The Morgan fingerprint density at radius 3 is 2.20 bits per heavy atom. The van der Waals surface area contributed by atoms with Crippen LogP contribution in [0.2, 0.25) is 0 Å². The minimum atomic E-state index is -0.605. The second-order valence-corrected chi connectivity index (χ2v) is 8.77. The third-order valence-electron chi connectivity index (χ3n) is 6.50. The predicted octanol–water partition coefficient (Wildman–Crippen LogP) is 2.69. The van der Waals surface area contributed by atoms with E-state index in [1.807, 2.05) is 0 Å². The van der Waals surface area contributed by atoms with Crippen LogP contribution in [0.25, 0.3) is 0 Å². The third kappa shape index (κ3) is 4.23. The van der Waals surface area contributed by atoms with E-state index in [1.165, 1.54) is 28.0 Å². The van der Waals surface area contributed by atoms with Crippen LogP contribution < -0.4 is 0 Å². The topological polar surface area (TPSA) is 110 Å². The van der Waals surface area contributed by atoms with E-state index in [4.69, 9.17) is 9.47 Å². The van der Waals surface area contributed by atoms with Crippen molar-refractivity contribution in [2.45, 2.75) is 31.8 Å². The molecule has 1 atom stereocenters. The summed E-state index contributed by atoms with van der Waals surface area (Å²) in [5.41, 5.74) is 1.45. The summed E-state index contributed by atoms with van der Waals surface area (Å²) in [7, 11) is 0. The first-order valence-corrected chi connectivity index (χ1v) is 11.7. The van der Waals surface area contributed by atoms with Crippen molar-refractivity contribution in [2.24, 2.45) is 0 Å². The Labute approximate surface area is 201 Å². The largest absolute Gasteiger partial charge is 0.462 e. The molecule has 1 fully saturated rings. The standard InChI is InChI=1S/C26H24N2O7/c29-22-18-7-1-2-8-19(18)23(30)27(22)11-3-4-12-35-26(33)16-9-10-20-21(14-16)25(32)28(24(20)31)15-17-6-5-13-34-17/h1-2,7-10,14,17H,3-6,11-13,15H2. The summed E-state index contributed by atoms with van der Waals surface area (Å²) in [6, 6.07) is 11.0. The number of ether oxygens (including phenoxy) is 2. The number of nitrogens with zero attached hydrogens (tertiary/aromatic N) is 2. The number of carbonyl (C=O) groups excluding carboxylic acids is 5. The summed E-state index contributed by atoms with van der Waals surface area (Å²) in [4.78, 5) is 65.0. The van der Waals surface area contributed by atoms with Crippen LogP contribution in [0, 0.1) is 0 Å². The Morgan fingerprint density at radius 2 is 1.51 bits per heavy atom. The van der Waals surface area contributed by atoms with Crippen LogP contribution >= 0.6 is 0 Å². The minimum Gasteiger partial charge on any atom is -0.462 e. The molecule has 3 aliphatic heterocycles. The lowest BCUT2D eigenvalue weighted by Crippen LogP contribution is -2.36. The van der Waals surface area contributed by atoms with E-state index < -0.39 is 11.9 Å². The first-order valence-electron chi connectivity index (χ1n) is 11.7.